The van der Waals surface area contributed by atoms with Gasteiger partial charge in [0.05, 0.1) is 12.2 Å². The Hall–Kier alpha value is -1.10. The van der Waals surface area contributed by atoms with Crippen LogP contribution in [0.1, 0.15) is 5.69 Å². The second-order valence-corrected chi connectivity index (χ2v) is 3.86. The molecule has 2 heterocycles. The molecule has 0 aromatic carbocycles. The molecule has 1 aliphatic rings. The molecule has 0 atom stereocenters. The van der Waals surface area contributed by atoms with Crippen LogP contribution >= 0.6 is 15.9 Å². The van der Waals surface area contributed by atoms with Gasteiger partial charge in [-0.15, -0.1) is 0 Å². The van der Waals surface area contributed by atoms with E-state index in [2.05, 4.69) is 20.9 Å². The van der Waals surface area contributed by atoms with Crippen molar-refractivity contribution < 1.29 is 9.53 Å². The molecular formula is C9H9BrN2O2. The smallest absolute Gasteiger partial charge is 0.415 e. The predicted molar refractivity (Wildman–Crippen MR) is 55.4 cm³/mol. The fraction of sp³-hybridized carbons (Fsp3) is 0.333. The highest BCUT2D eigenvalue weighted by Gasteiger charge is 2.24. The lowest BCUT2D eigenvalue weighted by Crippen LogP contribution is -2.24. The number of pyridine rings is 1. The standard InChI is InChI=1S/C9H9BrN2O2/c1-6-7(10)2-3-8(11-6)12-4-5-14-9(12)13/h2-3H,4-5H2,1H3. The van der Waals surface area contributed by atoms with E-state index in [1.165, 1.54) is 4.90 Å². The molecule has 1 saturated heterocycles. The number of rotatable bonds is 1. The number of hydrogen-bond donors (Lipinski definition) is 0. The number of halogens is 1. The number of cyclic esters (lactones) is 1. The minimum atomic E-state index is -0.320. The molecule has 5 heteroatoms. The van der Waals surface area contributed by atoms with Crippen LogP contribution in [-0.4, -0.2) is 24.2 Å². The van der Waals surface area contributed by atoms with E-state index in [0.717, 1.165) is 10.2 Å². The first-order valence-corrected chi connectivity index (χ1v) is 5.05. The third-order valence-electron chi connectivity index (χ3n) is 2.04. The Morgan fingerprint density at radius 3 is 2.93 bits per heavy atom. The number of aryl methyl sites for hydroxylation is 1. The van der Waals surface area contributed by atoms with E-state index >= 15 is 0 Å². The zero-order valence-electron chi connectivity index (χ0n) is 7.66. The molecule has 0 bridgehead atoms. The zero-order valence-corrected chi connectivity index (χ0v) is 9.24. The van der Waals surface area contributed by atoms with Crippen LogP contribution < -0.4 is 4.90 Å². The van der Waals surface area contributed by atoms with Gasteiger partial charge in [0.15, 0.2) is 0 Å². The lowest BCUT2D eigenvalue weighted by Gasteiger charge is -2.12. The monoisotopic (exact) mass is 256 g/mol. The molecule has 14 heavy (non-hydrogen) atoms. The maximum absolute atomic E-state index is 11.2. The van der Waals surface area contributed by atoms with Gasteiger partial charge in [0.2, 0.25) is 0 Å². The van der Waals surface area contributed by atoms with Crippen molar-refractivity contribution in [2.24, 2.45) is 0 Å². The number of amides is 1. The summed E-state index contributed by atoms with van der Waals surface area (Å²) in [5.41, 5.74) is 0.863. The molecule has 1 aromatic heterocycles. The Morgan fingerprint density at radius 1 is 1.57 bits per heavy atom. The SMILES string of the molecule is Cc1nc(N2CCOC2=O)ccc1Br. The van der Waals surface area contributed by atoms with Crippen LogP contribution in [0.3, 0.4) is 0 Å². The van der Waals surface area contributed by atoms with E-state index < -0.39 is 0 Å². The predicted octanol–water partition coefficient (Wildman–Crippen LogP) is 2.11. The van der Waals surface area contributed by atoms with Gasteiger partial charge in [0, 0.05) is 4.47 Å². The van der Waals surface area contributed by atoms with Gasteiger partial charge in [-0.25, -0.2) is 9.78 Å². The van der Waals surface area contributed by atoms with E-state index in [-0.39, 0.29) is 6.09 Å². The van der Waals surface area contributed by atoms with Gasteiger partial charge in [-0.05, 0) is 35.0 Å². The maximum atomic E-state index is 11.2. The molecule has 0 aliphatic carbocycles. The Morgan fingerprint density at radius 2 is 2.36 bits per heavy atom. The number of carbonyl (C=O) groups excluding carboxylic acids is 1. The van der Waals surface area contributed by atoms with E-state index in [1.54, 1.807) is 6.07 Å². The third kappa shape index (κ3) is 1.59. The summed E-state index contributed by atoms with van der Waals surface area (Å²) in [6.45, 7) is 2.90. The highest BCUT2D eigenvalue weighted by molar-refractivity contribution is 9.10. The number of carbonyl (C=O) groups is 1. The molecule has 74 valence electrons. The summed E-state index contributed by atoms with van der Waals surface area (Å²) in [5.74, 6) is 0.646. The first-order chi connectivity index (χ1) is 6.68. The van der Waals surface area contributed by atoms with Crippen LogP contribution in [0.5, 0.6) is 0 Å². The van der Waals surface area contributed by atoms with Crippen molar-refractivity contribution in [3.05, 3.63) is 22.3 Å². The molecule has 2 rings (SSSR count). The summed E-state index contributed by atoms with van der Waals surface area (Å²) >= 11 is 3.36. The van der Waals surface area contributed by atoms with Gasteiger partial charge in [-0.1, -0.05) is 0 Å². The molecule has 0 spiro atoms. The van der Waals surface area contributed by atoms with Gasteiger partial charge >= 0.3 is 6.09 Å². The molecule has 0 unspecified atom stereocenters. The first-order valence-electron chi connectivity index (χ1n) is 4.26. The largest absolute Gasteiger partial charge is 0.447 e. The average molecular weight is 257 g/mol. The highest BCUT2D eigenvalue weighted by Crippen LogP contribution is 2.21. The van der Waals surface area contributed by atoms with Crippen molar-refractivity contribution >= 4 is 27.8 Å². The second-order valence-electron chi connectivity index (χ2n) is 3.00. The molecule has 1 aliphatic heterocycles. The summed E-state index contributed by atoms with van der Waals surface area (Å²) in [6.07, 6.45) is -0.320. The van der Waals surface area contributed by atoms with E-state index in [0.29, 0.717) is 19.0 Å². The van der Waals surface area contributed by atoms with Crippen molar-refractivity contribution in [3.8, 4) is 0 Å². The number of hydrogen-bond acceptors (Lipinski definition) is 3. The highest BCUT2D eigenvalue weighted by atomic mass is 79.9. The number of ether oxygens (including phenoxy) is 1. The van der Waals surface area contributed by atoms with E-state index in [9.17, 15) is 4.79 Å². The minimum absolute atomic E-state index is 0.320. The topological polar surface area (TPSA) is 42.4 Å². The van der Waals surface area contributed by atoms with E-state index in [1.807, 2.05) is 13.0 Å². The van der Waals surface area contributed by atoms with Gasteiger partial charge in [-0.3, -0.25) is 4.90 Å². The lowest BCUT2D eigenvalue weighted by atomic mass is 10.3. The number of anilines is 1. The van der Waals surface area contributed by atoms with Crippen molar-refractivity contribution in [2.45, 2.75) is 6.92 Å². The van der Waals surface area contributed by atoms with Crippen molar-refractivity contribution in [1.29, 1.82) is 0 Å². The Kier molecular flexibility index (Phi) is 2.41. The van der Waals surface area contributed by atoms with Crippen molar-refractivity contribution in [1.82, 2.24) is 4.98 Å². The second kappa shape index (κ2) is 3.57. The van der Waals surface area contributed by atoms with Crippen molar-refractivity contribution in [3.63, 3.8) is 0 Å². The summed E-state index contributed by atoms with van der Waals surface area (Å²) in [6, 6.07) is 3.67. The molecule has 0 saturated carbocycles. The van der Waals surface area contributed by atoms with Crippen LogP contribution in [0.2, 0.25) is 0 Å². The quantitative estimate of drug-likeness (QED) is 0.773. The third-order valence-corrected chi connectivity index (χ3v) is 2.88. The Bertz CT molecular complexity index is 381. The fourth-order valence-corrected chi connectivity index (χ4v) is 1.50. The Balaban J connectivity index is 2.32. The van der Waals surface area contributed by atoms with E-state index in [4.69, 9.17) is 4.74 Å². The molecule has 1 amide bonds. The number of aromatic nitrogens is 1. The summed E-state index contributed by atoms with van der Waals surface area (Å²) in [4.78, 5) is 17.0. The van der Waals surface area contributed by atoms with Gasteiger partial charge in [0.25, 0.3) is 0 Å². The maximum Gasteiger partial charge on any atom is 0.415 e. The minimum Gasteiger partial charge on any atom is -0.447 e. The van der Waals surface area contributed by atoms with Gasteiger partial charge < -0.3 is 4.74 Å². The zero-order chi connectivity index (χ0) is 10.1. The van der Waals surface area contributed by atoms with Crippen LogP contribution in [0.25, 0.3) is 0 Å². The summed E-state index contributed by atoms with van der Waals surface area (Å²) < 4.78 is 5.76. The number of nitrogens with zero attached hydrogens (tertiary/aromatic N) is 2. The van der Waals surface area contributed by atoms with Crippen LogP contribution in [0, 0.1) is 6.92 Å². The fourth-order valence-electron chi connectivity index (χ4n) is 1.28. The average Bonchev–Trinajstić information content (AvgIpc) is 2.57. The summed E-state index contributed by atoms with van der Waals surface area (Å²) in [7, 11) is 0. The molecule has 1 fully saturated rings. The lowest BCUT2D eigenvalue weighted by molar-refractivity contribution is 0.181. The van der Waals surface area contributed by atoms with Crippen LogP contribution in [0.4, 0.5) is 10.6 Å². The molecule has 0 radical (unpaired) electrons. The van der Waals surface area contributed by atoms with Crippen molar-refractivity contribution in [2.75, 3.05) is 18.1 Å². The van der Waals surface area contributed by atoms with Gasteiger partial charge in [0.1, 0.15) is 12.4 Å². The molecule has 1 aromatic rings. The van der Waals surface area contributed by atoms with Crippen LogP contribution in [-0.2, 0) is 4.74 Å². The normalized spacial score (nSPS) is 15.9. The summed E-state index contributed by atoms with van der Waals surface area (Å²) in [5, 5.41) is 0. The van der Waals surface area contributed by atoms with Crippen LogP contribution in [0.15, 0.2) is 16.6 Å². The van der Waals surface area contributed by atoms with Gasteiger partial charge in [-0.2, -0.15) is 0 Å². The first kappa shape index (κ1) is 9.45. The Labute approximate surface area is 90.0 Å². The molecule has 4 nitrogen and oxygen atoms in total. The molecular weight excluding hydrogens is 248 g/mol. The molecule has 0 N–H and O–H groups in total.